The molecule has 0 unspecified atom stereocenters. The zero-order valence-corrected chi connectivity index (χ0v) is 6.40. The van der Waals surface area contributed by atoms with Crippen LogP contribution in [0.5, 0.6) is 0 Å². The Hall–Kier alpha value is -0.0800. The normalized spacial score (nSPS) is 41.3. The van der Waals surface area contributed by atoms with Gasteiger partial charge in [-0.3, -0.25) is 0 Å². The molecule has 1 rings (SSSR count). The van der Waals surface area contributed by atoms with Gasteiger partial charge >= 0.3 is 0 Å². The second-order valence-electron chi connectivity index (χ2n) is 3.53. The summed E-state index contributed by atoms with van der Waals surface area (Å²) >= 11 is 0. The molecule has 0 amide bonds. The fourth-order valence-electron chi connectivity index (χ4n) is 0.984. The molecule has 1 saturated heterocycles. The van der Waals surface area contributed by atoms with Gasteiger partial charge in [-0.25, -0.2) is 0 Å². The van der Waals surface area contributed by atoms with Crippen molar-refractivity contribution in [1.82, 2.24) is 0 Å². The van der Waals surface area contributed by atoms with Crippen molar-refractivity contribution < 1.29 is 4.74 Å². The Labute approximate surface area is 56.4 Å². The smallest absolute Gasteiger partial charge is 0.0803 e. The van der Waals surface area contributed by atoms with E-state index < -0.39 is 0 Å². The van der Waals surface area contributed by atoms with Crippen molar-refractivity contribution in [2.45, 2.75) is 38.3 Å². The monoisotopic (exact) mass is 129 g/mol. The molecule has 1 fully saturated rings. The van der Waals surface area contributed by atoms with Crippen LogP contribution in [-0.2, 0) is 4.74 Å². The second kappa shape index (κ2) is 1.70. The lowest BCUT2D eigenvalue weighted by atomic mass is 9.85. The highest BCUT2D eigenvalue weighted by Crippen LogP contribution is 2.32. The summed E-state index contributed by atoms with van der Waals surface area (Å²) in [6.45, 7) is 6.93. The van der Waals surface area contributed by atoms with E-state index in [2.05, 4.69) is 0 Å². The van der Waals surface area contributed by atoms with E-state index in [4.69, 9.17) is 10.5 Å². The Balaban J connectivity index is 2.75. The molecule has 54 valence electrons. The van der Waals surface area contributed by atoms with Crippen LogP contribution in [0.15, 0.2) is 0 Å². The molecular formula is C7H15NO. The highest BCUT2D eigenvalue weighted by Gasteiger charge is 2.43. The molecule has 0 bridgehead atoms. The van der Waals surface area contributed by atoms with Crippen LogP contribution in [0.4, 0.5) is 0 Å². The van der Waals surface area contributed by atoms with Gasteiger partial charge in [0.1, 0.15) is 0 Å². The van der Waals surface area contributed by atoms with Crippen molar-refractivity contribution in [3.8, 4) is 0 Å². The maximum atomic E-state index is 5.93. The van der Waals surface area contributed by atoms with E-state index in [1.165, 1.54) is 0 Å². The molecule has 1 atom stereocenters. The quantitative estimate of drug-likeness (QED) is 0.527. The average Bonchev–Trinajstić information content (AvgIpc) is 1.81. The minimum atomic E-state index is -0.132. The first-order chi connectivity index (χ1) is 3.96. The van der Waals surface area contributed by atoms with E-state index in [0.29, 0.717) is 0 Å². The third-order valence-corrected chi connectivity index (χ3v) is 2.46. The van der Waals surface area contributed by atoms with Crippen molar-refractivity contribution in [3.05, 3.63) is 0 Å². The summed E-state index contributed by atoms with van der Waals surface area (Å²) in [5.74, 6) is 0. The van der Waals surface area contributed by atoms with E-state index in [1.807, 2.05) is 20.8 Å². The van der Waals surface area contributed by atoms with Gasteiger partial charge in [-0.05, 0) is 27.2 Å². The lowest BCUT2D eigenvalue weighted by Gasteiger charge is -2.32. The van der Waals surface area contributed by atoms with Crippen molar-refractivity contribution in [1.29, 1.82) is 0 Å². The molecule has 2 heteroatoms. The third-order valence-electron chi connectivity index (χ3n) is 2.46. The summed E-state index contributed by atoms with van der Waals surface area (Å²) in [4.78, 5) is 0. The fourth-order valence-corrected chi connectivity index (χ4v) is 0.984. The van der Waals surface area contributed by atoms with E-state index in [-0.39, 0.29) is 11.1 Å². The highest BCUT2D eigenvalue weighted by molar-refractivity contribution is 4.99. The Morgan fingerprint density at radius 1 is 1.33 bits per heavy atom. The third kappa shape index (κ3) is 0.970. The number of hydrogen-bond acceptors (Lipinski definition) is 2. The number of ether oxygens (including phenoxy) is 1. The van der Waals surface area contributed by atoms with Gasteiger partial charge in [0.05, 0.1) is 5.60 Å². The highest BCUT2D eigenvalue weighted by atomic mass is 16.5. The lowest BCUT2D eigenvalue weighted by molar-refractivity contribution is 0.00535. The zero-order chi connectivity index (χ0) is 7.12. The second-order valence-corrected chi connectivity index (χ2v) is 3.53. The molecule has 0 aromatic heterocycles. The van der Waals surface area contributed by atoms with Crippen LogP contribution in [0.2, 0.25) is 0 Å². The summed E-state index contributed by atoms with van der Waals surface area (Å²) in [5, 5.41) is 0. The van der Waals surface area contributed by atoms with E-state index in [0.717, 1.165) is 13.0 Å². The van der Waals surface area contributed by atoms with Gasteiger partial charge in [-0.1, -0.05) is 0 Å². The van der Waals surface area contributed by atoms with E-state index >= 15 is 0 Å². The van der Waals surface area contributed by atoms with Crippen molar-refractivity contribution in [2.75, 3.05) is 6.61 Å². The van der Waals surface area contributed by atoms with Gasteiger partial charge < -0.3 is 10.5 Å². The van der Waals surface area contributed by atoms with Crippen molar-refractivity contribution in [2.24, 2.45) is 5.73 Å². The summed E-state index contributed by atoms with van der Waals surface area (Å²) in [5.41, 5.74) is 5.67. The molecule has 2 nitrogen and oxygen atoms in total. The van der Waals surface area contributed by atoms with Crippen LogP contribution in [0, 0.1) is 0 Å². The Morgan fingerprint density at radius 2 is 1.89 bits per heavy atom. The largest absolute Gasteiger partial charge is 0.374 e. The fraction of sp³-hybridized carbons (Fsp3) is 1.00. The van der Waals surface area contributed by atoms with E-state index in [1.54, 1.807) is 0 Å². The van der Waals surface area contributed by atoms with Crippen LogP contribution < -0.4 is 5.73 Å². The number of hydrogen-bond donors (Lipinski definition) is 1. The topological polar surface area (TPSA) is 35.2 Å². The van der Waals surface area contributed by atoms with Gasteiger partial charge in [0.25, 0.3) is 0 Å². The number of nitrogens with two attached hydrogens (primary N) is 1. The van der Waals surface area contributed by atoms with Gasteiger partial charge in [0.2, 0.25) is 0 Å². The maximum Gasteiger partial charge on any atom is 0.0803 e. The van der Waals surface area contributed by atoms with E-state index in [9.17, 15) is 0 Å². The van der Waals surface area contributed by atoms with Gasteiger partial charge in [0.15, 0.2) is 0 Å². The molecular weight excluding hydrogens is 114 g/mol. The molecule has 0 spiro atoms. The molecule has 0 aromatic carbocycles. The predicted molar refractivity (Wildman–Crippen MR) is 37.2 cm³/mol. The molecule has 1 aliphatic rings. The lowest BCUT2D eigenvalue weighted by Crippen LogP contribution is -2.51. The zero-order valence-electron chi connectivity index (χ0n) is 6.40. The number of rotatable bonds is 0. The average molecular weight is 129 g/mol. The predicted octanol–water partition coefficient (Wildman–Crippen LogP) is 0.903. The van der Waals surface area contributed by atoms with Crippen LogP contribution in [-0.4, -0.2) is 17.7 Å². The minimum absolute atomic E-state index is 0.132. The Bertz CT molecular complexity index is 104. The first-order valence-electron chi connectivity index (χ1n) is 3.39. The molecule has 0 aromatic rings. The van der Waals surface area contributed by atoms with Crippen molar-refractivity contribution >= 4 is 0 Å². The molecule has 0 saturated carbocycles. The maximum absolute atomic E-state index is 5.93. The molecule has 2 N–H and O–H groups in total. The molecule has 9 heavy (non-hydrogen) atoms. The first-order valence-corrected chi connectivity index (χ1v) is 3.39. The van der Waals surface area contributed by atoms with Gasteiger partial charge in [0, 0.05) is 12.1 Å². The Kier molecular flexibility index (Phi) is 1.33. The summed E-state index contributed by atoms with van der Waals surface area (Å²) < 4.78 is 5.43. The standard InChI is InChI=1S/C7H15NO/c1-6(2)7(3,8)4-5-9-6/h4-5,8H2,1-3H3/t7-/m1/s1. The van der Waals surface area contributed by atoms with Crippen LogP contribution in [0.3, 0.4) is 0 Å². The van der Waals surface area contributed by atoms with Crippen LogP contribution in [0.25, 0.3) is 0 Å². The molecule has 1 heterocycles. The Morgan fingerprint density at radius 3 is 2.00 bits per heavy atom. The molecule has 1 aliphatic heterocycles. The summed E-state index contributed by atoms with van der Waals surface area (Å²) in [6, 6.07) is 0. The minimum Gasteiger partial charge on any atom is -0.374 e. The molecule has 0 aliphatic carbocycles. The van der Waals surface area contributed by atoms with Gasteiger partial charge in [-0.2, -0.15) is 0 Å². The summed E-state index contributed by atoms with van der Waals surface area (Å²) in [6.07, 6.45) is 0.972. The first kappa shape index (κ1) is 7.03. The van der Waals surface area contributed by atoms with Crippen molar-refractivity contribution in [3.63, 3.8) is 0 Å². The van der Waals surface area contributed by atoms with Crippen LogP contribution in [0.1, 0.15) is 27.2 Å². The SMILES string of the molecule is CC1(C)OCC[C@@]1(C)N. The van der Waals surface area contributed by atoms with Crippen LogP contribution >= 0.6 is 0 Å². The summed E-state index contributed by atoms with van der Waals surface area (Å²) in [7, 11) is 0. The van der Waals surface area contributed by atoms with Gasteiger partial charge in [-0.15, -0.1) is 0 Å². The molecule has 0 radical (unpaired) electrons.